The van der Waals surface area contributed by atoms with E-state index in [1.54, 1.807) is 29.5 Å². The van der Waals surface area contributed by atoms with Crippen molar-refractivity contribution in [3.05, 3.63) is 67.9 Å². The minimum atomic E-state index is -0.247. The highest BCUT2D eigenvalue weighted by Crippen LogP contribution is 2.26. The summed E-state index contributed by atoms with van der Waals surface area (Å²) in [7, 11) is 0. The third kappa shape index (κ3) is 3.80. The molecule has 3 aromatic rings. The molecule has 0 bridgehead atoms. The van der Waals surface area contributed by atoms with Crippen molar-refractivity contribution in [1.29, 1.82) is 0 Å². The highest BCUT2D eigenvalue weighted by molar-refractivity contribution is 9.10. The van der Waals surface area contributed by atoms with Gasteiger partial charge in [-0.2, -0.15) is 0 Å². The number of hydrogen-bond donors (Lipinski definition) is 1. The number of carbonyl (C=O) groups is 1. The van der Waals surface area contributed by atoms with Gasteiger partial charge in [0.05, 0.1) is 21.3 Å². The molecule has 0 radical (unpaired) electrons. The van der Waals surface area contributed by atoms with Crippen molar-refractivity contribution >= 4 is 50.5 Å². The summed E-state index contributed by atoms with van der Waals surface area (Å²) in [5.74, 6) is -0.247. The lowest BCUT2D eigenvalue weighted by Gasteiger charge is -2.08. The van der Waals surface area contributed by atoms with Crippen LogP contribution >= 0.6 is 38.9 Å². The van der Waals surface area contributed by atoms with E-state index in [-0.39, 0.29) is 5.91 Å². The molecule has 0 aliphatic carbocycles. The van der Waals surface area contributed by atoms with Crippen LogP contribution in [0.3, 0.4) is 0 Å². The molecule has 0 saturated heterocycles. The molecule has 3 nitrogen and oxygen atoms in total. The van der Waals surface area contributed by atoms with Gasteiger partial charge in [0.2, 0.25) is 0 Å². The van der Waals surface area contributed by atoms with E-state index >= 15 is 0 Å². The number of aromatic nitrogens is 1. The van der Waals surface area contributed by atoms with Crippen LogP contribution in [-0.4, -0.2) is 10.9 Å². The molecular weight excluding hydrogens is 396 g/mol. The van der Waals surface area contributed by atoms with Crippen LogP contribution in [-0.2, 0) is 0 Å². The summed E-state index contributed by atoms with van der Waals surface area (Å²) >= 11 is 11.0. The van der Waals surface area contributed by atoms with Crippen LogP contribution in [0.2, 0.25) is 5.02 Å². The number of amides is 1. The molecule has 0 fully saturated rings. The number of benzene rings is 2. The topological polar surface area (TPSA) is 42.0 Å². The molecule has 23 heavy (non-hydrogen) atoms. The van der Waals surface area contributed by atoms with Gasteiger partial charge in [0, 0.05) is 21.1 Å². The van der Waals surface area contributed by atoms with Gasteiger partial charge in [-0.25, -0.2) is 4.98 Å². The number of aryl methyl sites for hydroxylation is 1. The Hall–Kier alpha value is -1.69. The second-order valence-electron chi connectivity index (χ2n) is 4.91. The predicted octanol–water partition coefficient (Wildman–Crippen LogP) is 5.79. The maximum Gasteiger partial charge on any atom is 0.257 e. The maximum atomic E-state index is 12.4. The Morgan fingerprint density at radius 2 is 2.09 bits per heavy atom. The first-order valence-corrected chi connectivity index (χ1v) is 8.87. The van der Waals surface area contributed by atoms with Crippen LogP contribution in [0, 0.1) is 6.92 Å². The molecule has 0 atom stereocenters. The zero-order chi connectivity index (χ0) is 16.4. The highest BCUT2D eigenvalue weighted by atomic mass is 79.9. The largest absolute Gasteiger partial charge is 0.322 e. The zero-order valence-electron chi connectivity index (χ0n) is 12.1. The number of anilines is 1. The molecule has 1 amide bonds. The lowest BCUT2D eigenvalue weighted by Crippen LogP contribution is -2.12. The molecule has 0 aliphatic rings. The minimum Gasteiger partial charge on any atom is -0.322 e. The number of carbonyl (C=O) groups excluding carboxylic acids is 1. The van der Waals surface area contributed by atoms with Crippen molar-refractivity contribution in [1.82, 2.24) is 4.98 Å². The Morgan fingerprint density at radius 1 is 1.26 bits per heavy atom. The smallest absolute Gasteiger partial charge is 0.257 e. The van der Waals surface area contributed by atoms with Crippen molar-refractivity contribution in [2.75, 3.05) is 5.32 Å². The van der Waals surface area contributed by atoms with E-state index in [2.05, 4.69) is 26.2 Å². The third-order valence-electron chi connectivity index (χ3n) is 3.21. The fraction of sp³-hybridized carbons (Fsp3) is 0.0588. The van der Waals surface area contributed by atoms with E-state index in [1.807, 2.05) is 36.6 Å². The molecular formula is C17H12BrClN2OS. The van der Waals surface area contributed by atoms with Crippen LogP contribution in [0.4, 0.5) is 5.69 Å². The highest BCUT2D eigenvalue weighted by Gasteiger charge is 2.12. The number of halogens is 2. The Labute approximate surface area is 151 Å². The average molecular weight is 408 g/mol. The summed E-state index contributed by atoms with van der Waals surface area (Å²) in [6.45, 7) is 1.97. The van der Waals surface area contributed by atoms with Gasteiger partial charge in [-0.05, 0) is 37.3 Å². The number of hydrogen-bond acceptors (Lipinski definition) is 3. The molecule has 1 heterocycles. The standard InChI is InChI=1S/C17H12BrClN2OS/c1-10-20-16(9-23-10)11-3-2-4-13(7-11)21-17(22)14-8-12(18)5-6-15(14)19/h2-9H,1H3,(H,21,22). The molecule has 3 rings (SSSR count). The van der Waals surface area contributed by atoms with Gasteiger partial charge in [-0.1, -0.05) is 39.7 Å². The lowest BCUT2D eigenvalue weighted by molar-refractivity contribution is 0.102. The Kier molecular flexibility index (Phi) is 4.80. The van der Waals surface area contributed by atoms with Gasteiger partial charge in [-0.3, -0.25) is 4.79 Å². The second-order valence-corrected chi connectivity index (χ2v) is 7.30. The van der Waals surface area contributed by atoms with E-state index in [0.717, 1.165) is 20.7 Å². The number of nitrogens with one attached hydrogen (secondary N) is 1. The molecule has 0 saturated carbocycles. The van der Waals surface area contributed by atoms with Gasteiger partial charge in [0.1, 0.15) is 0 Å². The van der Waals surface area contributed by atoms with Gasteiger partial charge >= 0.3 is 0 Å². The second kappa shape index (κ2) is 6.83. The average Bonchev–Trinajstić information content (AvgIpc) is 2.96. The summed E-state index contributed by atoms with van der Waals surface area (Å²) in [5.41, 5.74) is 3.00. The Bertz CT molecular complexity index is 879. The van der Waals surface area contributed by atoms with Crippen molar-refractivity contribution in [2.24, 2.45) is 0 Å². The molecule has 2 aromatic carbocycles. The SMILES string of the molecule is Cc1nc(-c2cccc(NC(=O)c3cc(Br)ccc3Cl)c2)cs1. The van der Waals surface area contributed by atoms with E-state index in [0.29, 0.717) is 16.3 Å². The first-order chi connectivity index (χ1) is 11.0. The van der Waals surface area contributed by atoms with Gasteiger partial charge in [-0.15, -0.1) is 11.3 Å². The quantitative estimate of drug-likeness (QED) is 0.597. The van der Waals surface area contributed by atoms with Gasteiger partial charge in [0.25, 0.3) is 5.91 Å². The van der Waals surface area contributed by atoms with E-state index in [9.17, 15) is 4.79 Å². The molecule has 6 heteroatoms. The number of nitrogens with zero attached hydrogens (tertiary/aromatic N) is 1. The first-order valence-electron chi connectivity index (χ1n) is 6.82. The summed E-state index contributed by atoms with van der Waals surface area (Å²) in [5, 5.41) is 6.30. The molecule has 0 aliphatic heterocycles. The van der Waals surface area contributed by atoms with Crippen LogP contribution in [0.1, 0.15) is 15.4 Å². The molecule has 1 aromatic heterocycles. The van der Waals surface area contributed by atoms with Crippen molar-refractivity contribution in [3.8, 4) is 11.3 Å². The van der Waals surface area contributed by atoms with E-state index in [1.165, 1.54) is 0 Å². The van der Waals surface area contributed by atoms with Crippen LogP contribution in [0.25, 0.3) is 11.3 Å². The molecule has 116 valence electrons. The number of thiazole rings is 1. The Balaban J connectivity index is 1.85. The van der Waals surface area contributed by atoms with Crippen LogP contribution < -0.4 is 5.32 Å². The predicted molar refractivity (Wildman–Crippen MR) is 99.4 cm³/mol. The maximum absolute atomic E-state index is 12.4. The molecule has 0 unspecified atom stereocenters. The molecule has 1 N–H and O–H groups in total. The van der Waals surface area contributed by atoms with Crippen molar-refractivity contribution < 1.29 is 4.79 Å². The van der Waals surface area contributed by atoms with E-state index < -0.39 is 0 Å². The number of rotatable bonds is 3. The fourth-order valence-electron chi connectivity index (χ4n) is 2.12. The zero-order valence-corrected chi connectivity index (χ0v) is 15.3. The monoisotopic (exact) mass is 406 g/mol. The third-order valence-corrected chi connectivity index (χ3v) is 4.80. The lowest BCUT2D eigenvalue weighted by atomic mass is 10.1. The van der Waals surface area contributed by atoms with E-state index in [4.69, 9.17) is 11.6 Å². The van der Waals surface area contributed by atoms with Crippen molar-refractivity contribution in [2.45, 2.75) is 6.92 Å². The summed E-state index contributed by atoms with van der Waals surface area (Å²) in [6.07, 6.45) is 0. The van der Waals surface area contributed by atoms with Crippen LogP contribution in [0.15, 0.2) is 52.3 Å². The summed E-state index contributed by atoms with van der Waals surface area (Å²) in [6, 6.07) is 12.8. The van der Waals surface area contributed by atoms with Gasteiger partial charge < -0.3 is 5.32 Å². The Morgan fingerprint density at radius 3 is 2.83 bits per heavy atom. The first kappa shape index (κ1) is 16.2. The summed E-state index contributed by atoms with van der Waals surface area (Å²) < 4.78 is 0.804. The minimum absolute atomic E-state index is 0.247. The normalized spacial score (nSPS) is 10.6. The van der Waals surface area contributed by atoms with Crippen LogP contribution in [0.5, 0.6) is 0 Å². The van der Waals surface area contributed by atoms with Gasteiger partial charge in [0.15, 0.2) is 0 Å². The summed E-state index contributed by atoms with van der Waals surface area (Å²) in [4.78, 5) is 16.9. The fourth-order valence-corrected chi connectivity index (χ4v) is 3.31. The molecule has 0 spiro atoms. The van der Waals surface area contributed by atoms with Crippen molar-refractivity contribution in [3.63, 3.8) is 0 Å².